The number of likely N-dealkylation sites (N-methyl/N-ethyl adjacent to an activating group) is 1. The van der Waals surface area contributed by atoms with E-state index in [-0.39, 0.29) is 35.8 Å². The second kappa shape index (κ2) is 29.0. The second-order valence-corrected chi connectivity index (χ2v) is 25.5. The van der Waals surface area contributed by atoms with E-state index in [9.17, 15) is 48.9 Å². The summed E-state index contributed by atoms with van der Waals surface area (Å²) in [5, 5.41) is 42.5. The molecule has 2 aromatic heterocycles. The lowest BCUT2D eigenvalue weighted by Gasteiger charge is -2.42. The molecule has 456 valence electrons. The normalized spacial score (nSPS) is 23.8. The Morgan fingerprint density at radius 3 is 2.37 bits per heavy atom. The van der Waals surface area contributed by atoms with E-state index < -0.39 is 115 Å². The van der Waals surface area contributed by atoms with E-state index in [1.807, 2.05) is 48.7 Å². The molecule has 5 aromatic rings. The van der Waals surface area contributed by atoms with Gasteiger partial charge < -0.3 is 54.7 Å². The number of thiophene rings is 1. The molecule has 0 aliphatic carbocycles. The summed E-state index contributed by atoms with van der Waals surface area (Å²) in [6.45, 7) is 4.24. The number of allylic oxidation sites excluding steroid dienone is 3. The molecule has 3 aliphatic heterocycles. The summed E-state index contributed by atoms with van der Waals surface area (Å²) in [5.74, 6) is -5.21. The van der Waals surface area contributed by atoms with Gasteiger partial charge in [0.25, 0.3) is 5.91 Å². The number of epoxide rings is 1. The number of hydrogen-bond acceptors (Lipinski definition) is 17. The molecule has 24 heteroatoms. The van der Waals surface area contributed by atoms with Crippen molar-refractivity contribution in [3.8, 4) is 28.0 Å². The molecule has 3 aromatic carbocycles. The van der Waals surface area contributed by atoms with Gasteiger partial charge in [0.2, 0.25) is 17.7 Å². The van der Waals surface area contributed by atoms with Crippen LogP contribution in [0.15, 0.2) is 127 Å². The average Bonchev–Trinajstić information content (AvgIpc) is 1.61. The molecule has 86 heavy (non-hydrogen) atoms. The van der Waals surface area contributed by atoms with Crippen molar-refractivity contribution in [3.63, 3.8) is 0 Å². The maximum absolute atomic E-state index is 14.3. The first-order valence-corrected chi connectivity index (χ1v) is 31.5. The summed E-state index contributed by atoms with van der Waals surface area (Å²) in [6, 6.07) is 23.9. The molecule has 5 amide bonds. The highest BCUT2D eigenvalue weighted by Gasteiger charge is 2.64. The van der Waals surface area contributed by atoms with Gasteiger partial charge in [-0.15, -0.1) is 11.3 Å². The number of aliphatic hydroxyl groups is 2. The van der Waals surface area contributed by atoms with Gasteiger partial charge in [-0.2, -0.15) is 0 Å². The van der Waals surface area contributed by atoms with Gasteiger partial charge in [-0.3, -0.25) is 34.3 Å². The number of fused-ring (bicyclic) bond motifs is 5. The maximum Gasteiger partial charge on any atom is 0.409 e. The molecule has 5 heterocycles. The van der Waals surface area contributed by atoms with Crippen molar-refractivity contribution in [2.45, 2.75) is 94.6 Å². The van der Waals surface area contributed by atoms with Crippen LogP contribution in [0.2, 0.25) is 5.02 Å². The lowest BCUT2D eigenvalue weighted by molar-refractivity contribution is -0.157. The minimum atomic E-state index is -1.92. The Morgan fingerprint density at radius 2 is 1.69 bits per heavy atom. The zero-order valence-electron chi connectivity index (χ0n) is 48.2. The predicted molar refractivity (Wildman–Crippen MR) is 329 cm³/mol. The number of carbonyl (C=O) groups is 7. The quantitative estimate of drug-likeness (QED) is 0.0185. The van der Waals surface area contributed by atoms with Crippen LogP contribution in [-0.4, -0.2) is 148 Å². The van der Waals surface area contributed by atoms with Gasteiger partial charge in [-0.05, 0) is 89.4 Å². The fourth-order valence-corrected chi connectivity index (χ4v) is 13.7. The lowest BCUT2D eigenvalue weighted by atomic mass is 9.81. The number of aromatic nitrogens is 1. The number of hydrogen-bond donors (Lipinski definition) is 6. The van der Waals surface area contributed by atoms with Crippen molar-refractivity contribution in [2.24, 2.45) is 11.8 Å². The topological polar surface area (TPSA) is 276 Å². The summed E-state index contributed by atoms with van der Waals surface area (Å²) < 4.78 is 23.6. The number of pyridine rings is 1. The second-order valence-electron chi connectivity index (χ2n) is 21.6. The van der Waals surface area contributed by atoms with Gasteiger partial charge in [-0.1, -0.05) is 119 Å². The van der Waals surface area contributed by atoms with Crippen molar-refractivity contribution < 1.29 is 67.8 Å². The Bertz CT molecular complexity index is 3340. The number of anilines is 1. The SMILES string of the molecule is COc1cc2cc(c1Cl)N(C)C(=O)C[C@@H](OC(=O)CN(C)C(=O)CCSSCC(NC(=O)C[C@@H](NC(=O)c1cc(-c3ccc(-c4ccncc4)cc3)cs1)c1ccccc1)C(=O)O)[C@]1(C)O[C@H]1[C@@H](C)C1C[C@](O)(NC(=O)O1)[C@@H](CO)/C=C/C=C(\C)C2. The number of amides is 5. The number of nitrogens with one attached hydrogen (secondary N) is 3. The molecule has 8 rings (SSSR count). The Hall–Kier alpha value is -7.25. The number of benzene rings is 3. The standard InChI is InChI=1S/C62H69ClN6O14S3/c1-36-11-10-14-44(33-70)62(79)31-49(81-60(78)67-62)37(2)57-61(3,83-57)51(30-54(73)69(5)47-26-38(25-36)27-48(80-6)56(47)63)82-55(74)32-68(4)53(72)21-24-85-86-35-46(59(76)77)65-52(71)29-45(42-12-8-7-9-13-42)66-58(75)50-28-43(34-84-50)40-17-15-39(16-18-40)41-19-22-64-23-20-41/h7-20,22-23,26-28,34,37,44-46,49,51,57,70,79H,21,24-25,29-33,35H2,1-6H3,(H,65,71)(H,66,75)(H,67,78)(H,76,77)/b14-10+,36-11+/t37-,44+,45+,46?,49?,51+,57-,61-,62+/m0/s1. The summed E-state index contributed by atoms with van der Waals surface area (Å²) in [5.41, 5.74) is 3.15. The first-order valence-electron chi connectivity index (χ1n) is 27.7. The fraction of sp³-hybridized carbons (Fsp3) is 0.387. The van der Waals surface area contributed by atoms with Crippen LogP contribution in [-0.2, 0) is 44.6 Å². The van der Waals surface area contributed by atoms with Crippen LogP contribution in [0.4, 0.5) is 10.5 Å². The van der Waals surface area contributed by atoms with E-state index >= 15 is 0 Å². The van der Waals surface area contributed by atoms with E-state index in [4.69, 9.17) is 30.5 Å². The van der Waals surface area contributed by atoms with Gasteiger partial charge in [0.05, 0.1) is 49.3 Å². The van der Waals surface area contributed by atoms with Crippen molar-refractivity contribution in [2.75, 3.05) is 50.8 Å². The van der Waals surface area contributed by atoms with Gasteiger partial charge in [-0.25, -0.2) is 9.59 Å². The number of carbonyl (C=O) groups excluding carboxylic acids is 6. The van der Waals surface area contributed by atoms with E-state index in [0.717, 1.165) is 44.2 Å². The summed E-state index contributed by atoms with van der Waals surface area (Å²) in [7, 11) is 6.73. The number of carboxylic acids is 1. The van der Waals surface area contributed by atoms with Crippen molar-refractivity contribution in [3.05, 3.63) is 148 Å². The largest absolute Gasteiger partial charge is 0.495 e. The predicted octanol–water partition coefficient (Wildman–Crippen LogP) is 8.41. The van der Waals surface area contributed by atoms with Crippen molar-refractivity contribution in [1.29, 1.82) is 0 Å². The van der Waals surface area contributed by atoms with E-state index in [2.05, 4.69) is 20.9 Å². The van der Waals surface area contributed by atoms with E-state index in [1.165, 1.54) is 53.1 Å². The number of rotatable bonds is 20. The van der Waals surface area contributed by atoms with Crippen LogP contribution < -0.4 is 25.6 Å². The molecule has 0 radical (unpaired) electrons. The highest BCUT2D eigenvalue weighted by molar-refractivity contribution is 8.76. The molecule has 0 saturated carbocycles. The number of esters is 1. The Kier molecular flexibility index (Phi) is 21.8. The maximum atomic E-state index is 14.3. The minimum Gasteiger partial charge on any atom is -0.495 e. The van der Waals surface area contributed by atoms with Crippen LogP contribution in [0.25, 0.3) is 22.3 Å². The molecule has 9 atom stereocenters. The monoisotopic (exact) mass is 1250 g/mol. The minimum absolute atomic E-state index is 0.0612. The zero-order chi connectivity index (χ0) is 61.9. The number of aliphatic carboxylic acids is 1. The van der Waals surface area contributed by atoms with Crippen LogP contribution in [0.1, 0.15) is 73.3 Å². The molecule has 3 aliphatic rings. The average molecular weight is 1250 g/mol. The molecule has 2 unspecified atom stereocenters. The third-order valence-electron chi connectivity index (χ3n) is 15.5. The highest BCUT2D eigenvalue weighted by atomic mass is 35.5. The van der Waals surface area contributed by atoms with Gasteiger partial charge in [0.1, 0.15) is 41.2 Å². The number of aliphatic hydroxyl groups excluding tert-OH is 1. The summed E-state index contributed by atoms with van der Waals surface area (Å²) in [6.07, 6.45) is 4.18. The number of methoxy groups -OCH3 is 1. The molecule has 0 spiro atoms. The third kappa shape index (κ3) is 16.2. The fourth-order valence-electron chi connectivity index (χ4n) is 10.4. The molecular formula is C62H69ClN6O14S3. The van der Waals surface area contributed by atoms with Gasteiger partial charge in [0, 0.05) is 62.7 Å². The molecule has 20 nitrogen and oxygen atoms in total. The molecule has 6 N–H and O–H groups in total. The van der Waals surface area contributed by atoms with Crippen LogP contribution in [0.5, 0.6) is 5.75 Å². The van der Waals surface area contributed by atoms with E-state index in [1.54, 1.807) is 93.0 Å². The van der Waals surface area contributed by atoms with Crippen molar-refractivity contribution >= 4 is 91.9 Å². The molecular weight excluding hydrogens is 1180 g/mol. The van der Waals surface area contributed by atoms with Gasteiger partial charge >= 0.3 is 18.0 Å². The summed E-state index contributed by atoms with van der Waals surface area (Å²) in [4.78, 5) is 101. The van der Waals surface area contributed by atoms with E-state index in [0.29, 0.717) is 28.3 Å². The van der Waals surface area contributed by atoms with Crippen LogP contribution in [0.3, 0.4) is 0 Å². The Morgan fingerprint density at radius 1 is 0.988 bits per heavy atom. The first-order chi connectivity index (χ1) is 41.1. The summed E-state index contributed by atoms with van der Waals surface area (Å²) >= 11 is 8.08. The molecule has 2 saturated heterocycles. The number of halogens is 1. The first kappa shape index (κ1) is 64.7. The molecule has 2 fully saturated rings. The van der Waals surface area contributed by atoms with Crippen LogP contribution in [0, 0.1) is 11.8 Å². The Balaban J connectivity index is 0.857. The number of alkyl carbamates (subject to hydrolysis) is 1. The van der Waals surface area contributed by atoms with Gasteiger partial charge in [0.15, 0.2) is 5.72 Å². The number of ether oxygens (including phenoxy) is 4. The van der Waals surface area contributed by atoms with Crippen molar-refractivity contribution in [1.82, 2.24) is 25.8 Å². The number of carboxylic acid groups (broad SMARTS) is 1. The highest BCUT2D eigenvalue weighted by Crippen LogP contribution is 2.49. The lowest BCUT2D eigenvalue weighted by Crippen LogP contribution is -2.62. The van der Waals surface area contributed by atoms with Crippen LogP contribution >= 0.6 is 44.5 Å². The third-order valence-corrected chi connectivity index (χ3v) is 19.2. The number of nitrogens with zero attached hydrogens (tertiary/aromatic N) is 3. The zero-order valence-corrected chi connectivity index (χ0v) is 51.4. The smallest absolute Gasteiger partial charge is 0.409 e. The molecule has 4 bridgehead atoms. The Labute approximate surface area is 515 Å².